The van der Waals surface area contributed by atoms with E-state index in [0.29, 0.717) is 23.6 Å². The summed E-state index contributed by atoms with van der Waals surface area (Å²) in [6, 6.07) is 9.00. The number of ether oxygens (including phenoxy) is 1. The van der Waals surface area contributed by atoms with E-state index in [1.54, 1.807) is 28.6 Å². The first-order valence-corrected chi connectivity index (χ1v) is 8.61. The van der Waals surface area contributed by atoms with Crippen LogP contribution >= 0.6 is 11.6 Å². The summed E-state index contributed by atoms with van der Waals surface area (Å²) >= 11 is 5.95. The molecular weight excluding hydrogens is 356 g/mol. The number of hydrogen-bond donors (Lipinski definition) is 0. The highest BCUT2D eigenvalue weighted by atomic mass is 35.5. The van der Waals surface area contributed by atoms with E-state index in [2.05, 4.69) is 5.10 Å². The van der Waals surface area contributed by atoms with E-state index >= 15 is 0 Å². The quantitative estimate of drug-likeness (QED) is 0.769. The molecule has 134 valence electrons. The molecule has 8 heteroatoms. The lowest BCUT2D eigenvalue weighted by atomic mass is 10.0. The van der Waals surface area contributed by atoms with Gasteiger partial charge in [-0.25, -0.2) is 9.48 Å². The third-order valence-electron chi connectivity index (χ3n) is 4.18. The standard InChI is InChI=1S/C18H17ClN4O3/c1-2-26-18(25)17-14-11-22(16(24)7-9-20)10-8-15(14)23(21-17)13-5-3-12(19)4-6-13/h3-6H,2,7-8,10-11H2,1H3. The number of aromatic nitrogens is 2. The van der Waals surface area contributed by atoms with Gasteiger partial charge in [0.25, 0.3) is 0 Å². The average Bonchev–Trinajstić information content (AvgIpc) is 3.02. The van der Waals surface area contributed by atoms with Gasteiger partial charge in [0.1, 0.15) is 6.42 Å². The van der Waals surface area contributed by atoms with Crippen molar-refractivity contribution >= 4 is 23.5 Å². The molecule has 0 radical (unpaired) electrons. The maximum absolute atomic E-state index is 12.3. The van der Waals surface area contributed by atoms with E-state index in [1.165, 1.54) is 0 Å². The summed E-state index contributed by atoms with van der Waals surface area (Å²) in [5, 5.41) is 13.8. The van der Waals surface area contributed by atoms with E-state index in [0.717, 1.165) is 11.4 Å². The molecule has 3 rings (SSSR count). The summed E-state index contributed by atoms with van der Waals surface area (Å²) in [5.41, 5.74) is 2.50. The molecule has 1 aliphatic rings. The van der Waals surface area contributed by atoms with Crippen molar-refractivity contribution in [3.63, 3.8) is 0 Å². The zero-order valence-corrected chi connectivity index (χ0v) is 15.0. The van der Waals surface area contributed by atoms with Crippen LogP contribution in [0.1, 0.15) is 35.1 Å². The Bertz CT molecular complexity index is 883. The molecule has 0 fully saturated rings. The van der Waals surface area contributed by atoms with Gasteiger partial charge < -0.3 is 9.64 Å². The Morgan fingerprint density at radius 2 is 2.08 bits per heavy atom. The number of hydrogen-bond acceptors (Lipinski definition) is 5. The first kappa shape index (κ1) is 18.0. The van der Waals surface area contributed by atoms with Crippen molar-refractivity contribution in [2.24, 2.45) is 0 Å². The molecule has 0 saturated heterocycles. The Morgan fingerprint density at radius 1 is 1.35 bits per heavy atom. The molecule has 0 aliphatic carbocycles. The number of amides is 1. The molecule has 1 amide bonds. The third kappa shape index (κ3) is 3.41. The normalized spacial score (nSPS) is 13.0. The third-order valence-corrected chi connectivity index (χ3v) is 4.43. The van der Waals surface area contributed by atoms with E-state index < -0.39 is 5.97 Å². The van der Waals surface area contributed by atoms with Gasteiger partial charge in [-0.1, -0.05) is 11.6 Å². The number of fused-ring (bicyclic) bond motifs is 1. The number of nitrogens with zero attached hydrogens (tertiary/aromatic N) is 4. The second-order valence-electron chi connectivity index (χ2n) is 5.78. The van der Waals surface area contributed by atoms with Gasteiger partial charge in [-0.05, 0) is 31.2 Å². The zero-order chi connectivity index (χ0) is 18.7. The Labute approximate surface area is 155 Å². The summed E-state index contributed by atoms with van der Waals surface area (Å²) in [6.07, 6.45) is 0.344. The van der Waals surface area contributed by atoms with Gasteiger partial charge in [0.2, 0.25) is 5.91 Å². The van der Waals surface area contributed by atoms with Crippen LogP contribution in [0.5, 0.6) is 0 Å². The number of halogens is 1. The second-order valence-corrected chi connectivity index (χ2v) is 6.22. The molecule has 0 bridgehead atoms. The van der Waals surface area contributed by atoms with Crippen LogP contribution in [-0.2, 0) is 22.5 Å². The molecule has 2 aromatic rings. The molecule has 1 aromatic carbocycles. The molecule has 1 aliphatic heterocycles. The first-order valence-electron chi connectivity index (χ1n) is 8.23. The molecule has 0 spiro atoms. The van der Waals surface area contributed by atoms with Crippen LogP contribution in [0.15, 0.2) is 24.3 Å². The van der Waals surface area contributed by atoms with Gasteiger partial charge in [0.05, 0.1) is 24.1 Å². The fourth-order valence-electron chi connectivity index (χ4n) is 2.97. The van der Waals surface area contributed by atoms with E-state index in [4.69, 9.17) is 21.6 Å². The predicted molar refractivity (Wildman–Crippen MR) is 93.9 cm³/mol. The number of benzene rings is 1. The lowest BCUT2D eigenvalue weighted by Gasteiger charge is -2.27. The molecule has 26 heavy (non-hydrogen) atoms. The predicted octanol–water partition coefficient (Wildman–Crippen LogP) is 2.50. The number of carbonyl (C=O) groups is 2. The van der Waals surface area contributed by atoms with Gasteiger partial charge in [-0.2, -0.15) is 10.4 Å². The van der Waals surface area contributed by atoms with Gasteiger partial charge in [-0.15, -0.1) is 0 Å². The number of carbonyl (C=O) groups excluding carboxylic acids is 2. The van der Waals surface area contributed by atoms with Gasteiger partial charge in [0, 0.05) is 30.1 Å². The molecule has 0 atom stereocenters. The zero-order valence-electron chi connectivity index (χ0n) is 14.2. The molecule has 0 saturated carbocycles. The molecular formula is C18H17ClN4O3. The minimum Gasteiger partial charge on any atom is -0.461 e. The van der Waals surface area contributed by atoms with Crippen LogP contribution in [0, 0.1) is 11.3 Å². The van der Waals surface area contributed by atoms with Crippen molar-refractivity contribution in [2.45, 2.75) is 26.3 Å². The summed E-state index contributed by atoms with van der Waals surface area (Å²) < 4.78 is 6.81. The topological polar surface area (TPSA) is 88.2 Å². The summed E-state index contributed by atoms with van der Waals surface area (Å²) in [6.45, 7) is 2.66. The average molecular weight is 373 g/mol. The van der Waals surface area contributed by atoms with E-state index in [1.807, 2.05) is 18.2 Å². The number of nitriles is 1. The largest absolute Gasteiger partial charge is 0.461 e. The summed E-state index contributed by atoms with van der Waals surface area (Å²) in [5.74, 6) is -0.779. The minimum atomic E-state index is -0.522. The smallest absolute Gasteiger partial charge is 0.359 e. The van der Waals surface area contributed by atoms with Crippen molar-refractivity contribution in [1.82, 2.24) is 14.7 Å². The van der Waals surface area contributed by atoms with Gasteiger partial charge in [0.15, 0.2) is 5.69 Å². The fourth-order valence-corrected chi connectivity index (χ4v) is 3.10. The summed E-state index contributed by atoms with van der Waals surface area (Å²) in [4.78, 5) is 26.0. The van der Waals surface area contributed by atoms with E-state index in [9.17, 15) is 9.59 Å². The highest BCUT2D eigenvalue weighted by molar-refractivity contribution is 6.30. The Kier molecular flexibility index (Phi) is 5.24. The first-order chi connectivity index (χ1) is 12.5. The van der Waals surface area contributed by atoms with Crippen molar-refractivity contribution in [3.8, 4) is 11.8 Å². The van der Waals surface area contributed by atoms with Crippen LogP contribution in [0.25, 0.3) is 5.69 Å². The Hall–Kier alpha value is -2.85. The van der Waals surface area contributed by atoms with Crippen LogP contribution in [0.4, 0.5) is 0 Å². The monoisotopic (exact) mass is 372 g/mol. The van der Waals surface area contributed by atoms with Crippen molar-refractivity contribution in [3.05, 3.63) is 46.2 Å². The lowest BCUT2D eigenvalue weighted by Crippen LogP contribution is -2.36. The van der Waals surface area contributed by atoms with Gasteiger partial charge in [-0.3, -0.25) is 4.79 Å². The van der Waals surface area contributed by atoms with Crippen molar-refractivity contribution in [1.29, 1.82) is 5.26 Å². The Balaban J connectivity index is 2.03. The number of rotatable bonds is 4. The highest BCUT2D eigenvalue weighted by Crippen LogP contribution is 2.27. The van der Waals surface area contributed by atoms with Crippen LogP contribution in [0.3, 0.4) is 0 Å². The molecule has 0 N–H and O–H groups in total. The maximum Gasteiger partial charge on any atom is 0.359 e. The van der Waals surface area contributed by atoms with Crippen LogP contribution in [0.2, 0.25) is 5.02 Å². The molecule has 2 heterocycles. The summed E-state index contributed by atoms with van der Waals surface area (Å²) in [7, 11) is 0. The highest BCUT2D eigenvalue weighted by Gasteiger charge is 2.31. The SMILES string of the molecule is CCOC(=O)c1nn(-c2ccc(Cl)cc2)c2c1CN(C(=O)CC#N)CC2. The second kappa shape index (κ2) is 7.58. The van der Waals surface area contributed by atoms with Crippen molar-refractivity contribution < 1.29 is 14.3 Å². The molecule has 0 unspecified atom stereocenters. The van der Waals surface area contributed by atoms with E-state index in [-0.39, 0.29) is 31.2 Å². The fraction of sp³-hybridized carbons (Fsp3) is 0.333. The van der Waals surface area contributed by atoms with Gasteiger partial charge >= 0.3 is 5.97 Å². The van der Waals surface area contributed by atoms with Crippen LogP contribution < -0.4 is 0 Å². The Morgan fingerprint density at radius 3 is 2.73 bits per heavy atom. The molecule has 1 aromatic heterocycles. The van der Waals surface area contributed by atoms with Crippen LogP contribution in [-0.4, -0.2) is 39.7 Å². The molecule has 7 nitrogen and oxygen atoms in total. The van der Waals surface area contributed by atoms with Crippen molar-refractivity contribution in [2.75, 3.05) is 13.2 Å². The maximum atomic E-state index is 12.3. The number of esters is 1. The lowest BCUT2D eigenvalue weighted by molar-refractivity contribution is -0.131. The minimum absolute atomic E-state index is 0.185.